The second-order valence-corrected chi connectivity index (χ2v) is 5.78. The second-order valence-electron chi connectivity index (χ2n) is 5.78. The van der Waals surface area contributed by atoms with Crippen LogP contribution in [-0.2, 0) is 0 Å². The van der Waals surface area contributed by atoms with Gasteiger partial charge in [0.25, 0.3) is 5.91 Å². The minimum absolute atomic E-state index is 0.0268. The summed E-state index contributed by atoms with van der Waals surface area (Å²) in [6, 6.07) is 13.1. The molecule has 0 saturated heterocycles. The molecule has 0 bridgehead atoms. The van der Waals surface area contributed by atoms with Crippen LogP contribution in [0.5, 0.6) is 11.5 Å². The number of nitrogens with one attached hydrogen (secondary N) is 1. The molecule has 1 aromatic heterocycles. The van der Waals surface area contributed by atoms with E-state index in [9.17, 15) is 9.59 Å². The summed E-state index contributed by atoms with van der Waals surface area (Å²) in [5.41, 5.74) is 0.957. The molecular formula is C20H19NO5. The topological polar surface area (TPSA) is 77.8 Å². The number of hydrogen-bond donors (Lipinski definition) is 1. The fourth-order valence-electron chi connectivity index (χ4n) is 2.69. The molecule has 0 radical (unpaired) electrons. The van der Waals surface area contributed by atoms with Gasteiger partial charge in [-0.15, -0.1) is 0 Å². The first kappa shape index (κ1) is 17.5. The molecule has 1 unspecified atom stereocenters. The molecule has 0 aliphatic rings. The van der Waals surface area contributed by atoms with Crippen molar-refractivity contribution >= 4 is 16.9 Å². The predicted octanol–water partition coefficient (Wildman–Crippen LogP) is 3.30. The molecule has 0 spiro atoms. The van der Waals surface area contributed by atoms with Gasteiger partial charge < -0.3 is 19.2 Å². The third-order valence-electron chi connectivity index (χ3n) is 4.11. The van der Waals surface area contributed by atoms with Crippen molar-refractivity contribution in [2.45, 2.75) is 13.0 Å². The van der Waals surface area contributed by atoms with Gasteiger partial charge in [0.1, 0.15) is 5.58 Å². The molecular weight excluding hydrogens is 334 g/mol. The maximum atomic E-state index is 12.5. The summed E-state index contributed by atoms with van der Waals surface area (Å²) in [7, 11) is 3.11. The third-order valence-corrected chi connectivity index (χ3v) is 4.11. The number of rotatable bonds is 5. The Morgan fingerprint density at radius 1 is 1.04 bits per heavy atom. The minimum Gasteiger partial charge on any atom is -0.493 e. The van der Waals surface area contributed by atoms with E-state index in [2.05, 4.69) is 5.32 Å². The molecule has 0 fully saturated rings. The minimum atomic E-state index is -0.463. The fraction of sp³-hybridized carbons (Fsp3) is 0.200. The van der Waals surface area contributed by atoms with Crippen LogP contribution < -0.4 is 20.2 Å². The molecule has 3 aromatic rings. The number of carbonyl (C=O) groups excluding carboxylic acids is 1. The summed E-state index contributed by atoms with van der Waals surface area (Å²) in [5, 5.41) is 3.27. The Balaban J connectivity index is 1.84. The zero-order chi connectivity index (χ0) is 18.7. The Morgan fingerprint density at radius 3 is 2.50 bits per heavy atom. The molecule has 0 saturated carbocycles. The van der Waals surface area contributed by atoms with Crippen molar-refractivity contribution in [2.75, 3.05) is 14.2 Å². The van der Waals surface area contributed by atoms with E-state index in [1.54, 1.807) is 50.6 Å². The Bertz CT molecular complexity index is 1010. The van der Waals surface area contributed by atoms with Gasteiger partial charge in [-0.25, -0.2) is 0 Å². The average Bonchev–Trinajstić information content (AvgIpc) is 2.67. The number of ether oxygens (including phenoxy) is 2. The van der Waals surface area contributed by atoms with E-state index in [0.29, 0.717) is 22.5 Å². The van der Waals surface area contributed by atoms with E-state index in [0.717, 1.165) is 5.56 Å². The Labute approximate surface area is 150 Å². The van der Waals surface area contributed by atoms with Gasteiger partial charge in [0.2, 0.25) is 0 Å². The molecule has 1 N–H and O–H groups in total. The molecule has 1 atom stereocenters. The van der Waals surface area contributed by atoms with Crippen LogP contribution in [0.4, 0.5) is 0 Å². The number of hydrogen-bond acceptors (Lipinski definition) is 5. The van der Waals surface area contributed by atoms with Gasteiger partial charge in [0.15, 0.2) is 22.7 Å². The quantitative estimate of drug-likeness (QED) is 0.761. The van der Waals surface area contributed by atoms with Gasteiger partial charge in [-0.3, -0.25) is 9.59 Å². The Kier molecular flexibility index (Phi) is 4.93. The standard InChI is InChI=1S/C20H19NO5/c1-12(13-8-9-17(24-2)18(10-13)25-3)21-20(23)19-11-15(22)14-6-4-5-7-16(14)26-19/h4-12H,1-3H3,(H,21,23). The molecule has 26 heavy (non-hydrogen) atoms. The van der Waals surface area contributed by atoms with Crippen LogP contribution in [0.3, 0.4) is 0 Å². The Hall–Kier alpha value is -3.28. The summed E-state index contributed by atoms with van der Waals surface area (Å²) in [6.45, 7) is 1.83. The molecule has 6 nitrogen and oxygen atoms in total. The largest absolute Gasteiger partial charge is 0.493 e. The van der Waals surface area contributed by atoms with Crippen molar-refractivity contribution < 1.29 is 18.7 Å². The van der Waals surface area contributed by atoms with Gasteiger partial charge in [0, 0.05) is 6.07 Å². The van der Waals surface area contributed by atoms with E-state index in [1.165, 1.54) is 6.07 Å². The van der Waals surface area contributed by atoms with Crippen LogP contribution in [0, 0.1) is 0 Å². The lowest BCUT2D eigenvalue weighted by atomic mass is 10.1. The number of methoxy groups -OCH3 is 2. The van der Waals surface area contributed by atoms with Crippen molar-refractivity contribution in [1.82, 2.24) is 5.32 Å². The zero-order valence-electron chi connectivity index (χ0n) is 14.7. The summed E-state index contributed by atoms with van der Waals surface area (Å²) < 4.78 is 16.1. The summed E-state index contributed by atoms with van der Waals surface area (Å²) >= 11 is 0. The lowest BCUT2D eigenvalue weighted by Gasteiger charge is -2.16. The number of para-hydroxylation sites is 1. The van der Waals surface area contributed by atoms with Crippen molar-refractivity contribution in [3.8, 4) is 11.5 Å². The highest BCUT2D eigenvalue weighted by atomic mass is 16.5. The van der Waals surface area contributed by atoms with E-state index in [4.69, 9.17) is 13.9 Å². The van der Waals surface area contributed by atoms with Gasteiger partial charge in [0.05, 0.1) is 25.6 Å². The lowest BCUT2D eigenvalue weighted by Crippen LogP contribution is -2.27. The second kappa shape index (κ2) is 7.31. The maximum absolute atomic E-state index is 12.5. The van der Waals surface area contributed by atoms with Crippen LogP contribution in [0.1, 0.15) is 29.1 Å². The van der Waals surface area contributed by atoms with Crippen LogP contribution in [0.25, 0.3) is 11.0 Å². The first-order chi connectivity index (χ1) is 12.5. The zero-order valence-corrected chi connectivity index (χ0v) is 14.7. The smallest absolute Gasteiger partial charge is 0.287 e. The summed E-state index contributed by atoms with van der Waals surface area (Å²) in [4.78, 5) is 24.6. The molecule has 0 aliphatic carbocycles. The fourth-order valence-corrected chi connectivity index (χ4v) is 2.69. The number of carbonyl (C=O) groups is 1. The van der Waals surface area contributed by atoms with Gasteiger partial charge in [-0.2, -0.15) is 0 Å². The van der Waals surface area contributed by atoms with Gasteiger partial charge in [-0.05, 0) is 36.8 Å². The maximum Gasteiger partial charge on any atom is 0.287 e. The first-order valence-corrected chi connectivity index (χ1v) is 8.09. The summed E-state index contributed by atoms with van der Waals surface area (Å²) in [6.07, 6.45) is 0. The van der Waals surface area contributed by atoms with Crippen LogP contribution in [0.15, 0.2) is 57.7 Å². The van der Waals surface area contributed by atoms with Crippen molar-refractivity contribution in [2.24, 2.45) is 0 Å². The van der Waals surface area contributed by atoms with Crippen LogP contribution in [-0.4, -0.2) is 20.1 Å². The molecule has 1 heterocycles. The third kappa shape index (κ3) is 3.39. The van der Waals surface area contributed by atoms with Crippen molar-refractivity contribution in [3.63, 3.8) is 0 Å². The average molecular weight is 353 g/mol. The normalized spacial score (nSPS) is 11.8. The van der Waals surface area contributed by atoms with E-state index in [1.807, 2.05) is 13.0 Å². The molecule has 134 valence electrons. The highest BCUT2D eigenvalue weighted by Crippen LogP contribution is 2.30. The highest BCUT2D eigenvalue weighted by Gasteiger charge is 2.17. The number of amides is 1. The van der Waals surface area contributed by atoms with Crippen LogP contribution >= 0.6 is 0 Å². The monoisotopic (exact) mass is 353 g/mol. The number of fused-ring (bicyclic) bond motifs is 1. The molecule has 1 amide bonds. The van der Waals surface area contributed by atoms with Crippen LogP contribution in [0.2, 0.25) is 0 Å². The van der Waals surface area contributed by atoms with Crippen molar-refractivity contribution in [3.05, 3.63) is 70.1 Å². The number of benzene rings is 2. The molecule has 3 rings (SSSR count). The first-order valence-electron chi connectivity index (χ1n) is 8.09. The SMILES string of the molecule is COc1ccc(C(C)NC(=O)c2cc(=O)c3ccccc3o2)cc1OC. The van der Waals surface area contributed by atoms with Gasteiger partial charge in [-0.1, -0.05) is 18.2 Å². The molecule has 0 aliphatic heterocycles. The van der Waals surface area contributed by atoms with E-state index >= 15 is 0 Å². The molecule has 6 heteroatoms. The van der Waals surface area contributed by atoms with Gasteiger partial charge >= 0.3 is 0 Å². The Morgan fingerprint density at radius 2 is 1.77 bits per heavy atom. The van der Waals surface area contributed by atoms with E-state index < -0.39 is 5.91 Å². The lowest BCUT2D eigenvalue weighted by molar-refractivity contribution is 0.0912. The summed E-state index contributed by atoms with van der Waals surface area (Å²) in [5.74, 6) is 0.690. The predicted molar refractivity (Wildman–Crippen MR) is 97.9 cm³/mol. The van der Waals surface area contributed by atoms with Crippen molar-refractivity contribution in [1.29, 1.82) is 0 Å². The highest BCUT2D eigenvalue weighted by molar-refractivity contribution is 5.93. The molecule has 2 aromatic carbocycles. The van der Waals surface area contributed by atoms with E-state index in [-0.39, 0.29) is 17.2 Å².